The fourth-order valence-electron chi connectivity index (χ4n) is 3.63. The van der Waals surface area contributed by atoms with E-state index >= 15 is 4.39 Å². The molecule has 9 heteroatoms. The minimum Gasteiger partial charge on any atom is -0.494 e. The number of nitrogens with two attached hydrogens (primary N) is 1. The van der Waals surface area contributed by atoms with Gasteiger partial charge in [-0.05, 0) is 74.4 Å². The number of primary amides is 1. The normalized spacial score (nSPS) is 12.5. The van der Waals surface area contributed by atoms with Crippen LogP contribution in [-0.2, 0) is 10.5 Å². The van der Waals surface area contributed by atoms with Gasteiger partial charge in [-0.1, -0.05) is 0 Å². The number of rotatable bonds is 11. The number of alkyl halides is 1. The minimum atomic E-state index is -1.93. The second-order valence-electron chi connectivity index (χ2n) is 8.45. The van der Waals surface area contributed by atoms with Crippen molar-refractivity contribution < 1.29 is 32.6 Å². The van der Waals surface area contributed by atoms with Crippen molar-refractivity contribution in [2.45, 2.75) is 32.4 Å². The van der Waals surface area contributed by atoms with Gasteiger partial charge < -0.3 is 19.9 Å². The highest BCUT2D eigenvalue weighted by atomic mass is 19.1. The molecule has 0 radical (unpaired) electrons. The van der Waals surface area contributed by atoms with E-state index in [1.165, 1.54) is 51.5 Å². The maximum Gasteiger partial charge on any atom is 0.255 e. The number of ketones is 1. The van der Waals surface area contributed by atoms with Crippen LogP contribution < -0.4 is 19.9 Å². The molecule has 1 heterocycles. The van der Waals surface area contributed by atoms with E-state index < -0.39 is 11.6 Å². The summed E-state index contributed by atoms with van der Waals surface area (Å²) in [5.41, 5.74) is 4.98. The zero-order chi connectivity index (χ0) is 26.5. The molecule has 0 saturated carbocycles. The van der Waals surface area contributed by atoms with E-state index in [1.54, 1.807) is 25.1 Å². The summed E-state index contributed by atoms with van der Waals surface area (Å²) in [5, 5.41) is 0. The summed E-state index contributed by atoms with van der Waals surface area (Å²) in [7, 11) is 2.87. The Morgan fingerprint density at radius 2 is 1.69 bits per heavy atom. The molecule has 0 aliphatic rings. The highest BCUT2D eigenvalue weighted by molar-refractivity contribution is 5.96. The number of nitrogens with zero attached hydrogens (tertiary/aromatic N) is 1. The van der Waals surface area contributed by atoms with Crippen LogP contribution in [0.4, 0.5) is 8.78 Å². The summed E-state index contributed by atoms with van der Waals surface area (Å²) < 4.78 is 45.4. The SMILES string of the molecule is COc1cc(C(=O)CCC(C)(F)c2ccc(OC)c(-c3ccc(F)c(C)c3)n2)ccc1OCC(N)=O. The number of aromatic nitrogens is 1. The summed E-state index contributed by atoms with van der Waals surface area (Å²) in [5.74, 6) is -0.379. The Morgan fingerprint density at radius 3 is 2.33 bits per heavy atom. The lowest BCUT2D eigenvalue weighted by Gasteiger charge is -2.21. The maximum atomic E-state index is 15.8. The predicted molar refractivity (Wildman–Crippen MR) is 131 cm³/mol. The van der Waals surface area contributed by atoms with Gasteiger partial charge in [0.1, 0.15) is 22.9 Å². The maximum absolute atomic E-state index is 15.8. The number of carbonyl (C=O) groups is 2. The van der Waals surface area contributed by atoms with Crippen LogP contribution in [0.3, 0.4) is 0 Å². The van der Waals surface area contributed by atoms with Gasteiger partial charge in [0.25, 0.3) is 5.91 Å². The van der Waals surface area contributed by atoms with Gasteiger partial charge >= 0.3 is 0 Å². The molecule has 36 heavy (non-hydrogen) atoms. The second kappa shape index (κ2) is 11.2. The molecule has 2 aromatic carbocycles. The molecule has 0 aliphatic heterocycles. The van der Waals surface area contributed by atoms with Gasteiger partial charge in [0, 0.05) is 17.5 Å². The first-order valence-electron chi connectivity index (χ1n) is 11.2. The van der Waals surface area contributed by atoms with Gasteiger partial charge in [-0.3, -0.25) is 9.59 Å². The van der Waals surface area contributed by atoms with Crippen LogP contribution in [0, 0.1) is 12.7 Å². The molecular weight excluding hydrogens is 470 g/mol. The third-order valence-electron chi connectivity index (χ3n) is 5.72. The summed E-state index contributed by atoms with van der Waals surface area (Å²) in [6.07, 6.45) is -0.231. The Balaban J connectivity index is 1.79. The van der Waals surface area contributed by atoms with Crippen LogP contribution in [0.2, 0.25) is 0 Å². The number of hydrogen-bond acceptors (Lipinski definition) is 6. The number of ether oxygens (including phenoxy) is 3. The molecule has 0 spiro atoms. The third-order valence-corrected chi connectivity index (χ3v) is 5.72. The molecule has 190 valence electrons. The molecule has 0 aliphatic carbocycles. The van der Waals surface area contributed by atoms with E-state index in [1.807, 2.05) is 0 Å². The molecule has 0 saturated heterocycles. The first-order valence-corrected chi connectivity index (χ1v) is 11.2. The van der Waals surface area contributed by atoms with Gasteiger partial charge in [-0.2, -0.15) is 0 Å². The number of Topliss-reactive ketones (excluding diaryl/α,β-unsaturated/α-hetero) is 1. The number of benzene rings is 2. The molecule has 1 unspecified atom stereocenters. The average Bonchev–Trinajstić information content (AvgIpc) is 2.87. The molecule has 3 aromatic rings. The molecule has 1 atom stereocenters. The Labute approximate surface area is 208 Å². The standard InChI is InChI=1S/C27H28F2N2O5/c1-16-13-18(5-7-19(16)28)26-22(34-3)9-10-24(31-26)27(2,29)12-11-20(32)17-6-8-21(23(14-17)35-4)36-15-25(30)33/h5-10,13-14H,11-12,15H2,1-4H3,(H2,30,33). The van der Waals surface area contributed by atoms with Crippen molar-refractivity contribution in [1.82, 2.24) is 4.98 Å². The van der Waals surface area contributed by atoms with Crippen LogP contribution in [0.25, 0.3) is 11.3 Å². The van der Waals surface area contributed by atoms with Crippen LogP contribution in [0.1, 0.15) is 41.4 Å². The summed E-state index contributed by atoms with van der Waals surface area (Å²) in [6.45, 7) is 2.65. The van der Waals surface area contributed by atoms with E-state index in [4.69, 9.17) is 19.9 Å². The molecule has 0 fully saturated rings. The van der Waals surface area contributed by atoms with E-state index in [-0.39, 0.29) is 48.2 Å². The zero-order valence-corrected chi connectivity index (χ0v) is 20.6. The van der Waals surface area contributed by atoms with Crippen LogP contribution >= 0.6 is 0 Å². The smallest absolute Gasteiger partial charge is 0.255 e. The van der Waals surface area contributed by atoms with Gasteiger partial charge in [0.05, 0.1) is 19.9 Å². The lowest BCUT2D eigenvalue weighted by atomic mass is 9.93. The first kappa shape index (κ1) is 26.6. The number of halogens is 2. The number of aryl methyl sites for hydroxylation is 1. The molecule has 0 bridgehead atoms. The van der Waals surface area contributed by atoms with Crippen LogP contribution in [-0.4, -0.2) is 37.5 Å². The number of carbonyl (C=O) groups excluding carboxylic acids is 2. The molecule has 2 N–H and O–H groups in total. The minimum absolute atomic E-state index is 0.101. The van der Waals surface area contributed by atoms with Crippen molar-refractivity contribution in [1.29, 1.82) is 0 Å². The Kier molecular flexibility index (Phi) is 8.24. The van der Waals surface area contributed by atoms with Crippen molar-refractivity contribution >= 4 is 11.7 Å². The summed E-state index contributed by atoms with van der Waals surface area (Å²) in [4.78, 5) is 28.2. The van der Waals surface area contributed by atoms with Crippen molar-refractivity contribution in [2.75, 3.05) is 20.8 Å². The molecule has 1 amide bonds. The average molecular weight is 499 g/mol. The monoisotopic (exact) mass is 498 g/mol. The van der Waals surface area contributed by atoms with Gasteiger partial charge in [0.2, 0.25) is 0 Å². The van der Waals surface area contributed by atoms with E-state index in [0.29, 0.717) is 28.1 Å². The van der Waals surface area contributed by atoms with Gasteiger partial charge in [-0.25, -0.2) is 13.8 Å². The van der Waals surface area contributed by atoms with Crippen molar-refractivity contribution in [3.05, 3.63) is 71.2 Å². The van der Waals surface area contributed by atoms with Crippen molar-refractivity contribution in [2.24, 2.45) is 5.73 Å². The third kappa shape index (κ3) is 6.16. The molecule has 7 nitrogen and oxygen atoms in total. The number of pyridine rings is 1. The van der Waals surface area contributed by atoms with Crippen LogP contribution in [0.15, 0.2) is 48.5 Å². The number of amides is 1. The topological polar surface area (TPSA) is 101 Å². The van der Waals surface area contributed by atoms with Gasteiger partial charge in [-0.15, -0.1) is 0 Å². The second-order valence-corrected chi connectivity index (χ2v) is 8.45. The molecule has 1 aromatic heterocycles. The largest absolute Gasteiger partial charge is 0.494 e. The Bertz CT molecular complexity index is 1280. The fraction of sp³-hybridized carbons (Fsp3) is 0.296. The van der Waals surface area contributed by atoms with E-state index in [2.05, 4.69) is 4.98 Å². The molecular formula is C27H28F2N2O5. The van der Waals surface area contributed by atoms with Crippen molar-refractivity contribution in [3.8, 4) is 28.5 Å². The zero-order valence-electron chi connectivity index (χ0n) is 20.6. The quantitative estimate of drug-likeness (QED) is 0.377. The lowest BCUT2D eigenvalue weighted by molar-refractivity contribution is -0.119. The fourth-order valence-corrected chi connectivity index (χ4v) is 3.63. The summed E-state index contributed by atoms with van der Waals surface area (Å²) in [6, 6.07) is 12.1. The first-order chi connectivity index (χ1) is 17.1. The highest BCUT2D eigenvalue weighted by Crippen LogP contribution is 2.36. The summed E-state index contributed by atoms with van der Waals surface area (Å²) >= 11 is 0. The predicted octanol–water partition coefficient (Wildman–Crippen LogP) is 4.93. The van der Waals surface area contributed by atoms with Crippen molar-refractivity contribution in [3.63, 3.8) is 0 Å². The lowest BCUT2D eigenvalue weighted by Crippen LogP contribution is -2.20. The number of hydrogen-bond donors (Lipinski definition) is 1. The number of methoxy groups -OCH3 is 2. The van der Waals surface area contributed by atoms with E-state index in [9.17, 15) is 14.0 Å². The van der Waals surface area contributed by atoms with E-state index in [0.717, 1.165) is 0 Å². The Morgan fingerprint density at radius 1 is 1.00 bits per heavy atom. The molecule has 3 rings (SSSR count). The highest BCUT2D eigenvalue weighted by Gasteiger charge is 2.30. The van der Waals surface area contributed by atoms with Gasteiger partial charge in [0.15, 0.2) is 23.9 Å². The van der Waals surface area contributed by atoms with Crippen LogP contribution in [0.5, 0.6) is 17.2 Å². The Hall–Kier alpha value is -4.01.